The van der Waals surface area contributed by atoms with Crippen molar-refractivity contribution in [2.75, 3.05) is 11.5 Å². The molecule has 1 rings (SSSR count). The van der Waals surface area contributed by atoms with Crippen LogP contribution in [0.25, 0.3) is 0 Å². The third-order valence-electron chi connectivity index (χ3n) is 2.61. The van der Waals surface area contributed by atoms with Gasteiger partial charge in [-0.05, 0) is 36.0 Å². The van der Waals surface area contributed by atoms with Crippen LogP contribution in [-0.2, 0) is 6.42 Å². The van der Waals surface area contributed by atoms with Gasteiger partial charge in [0, 0.05) is 4.43 Å². The summed E-state index contributed by atoms with van der Waals surface area (Å²) in [6.45, 7) is 4.64. The molecule has 84 valence electrons. The Hall–Kier alpha value is -0.250. The molecule has 2 heteroatoms. The van der Waals surface area contributed by atoms with Gasteiger partial charge in [0.1, 0.15) is 5.75 Å². The number of halogens is 1. The van der Waals surface area contributed by atoms with Gasteiger partial charge >= 0.3 is 0 Å². The topological polar surface area (TPSA) is 9.23 Å². The van der Waals surface area contributed by atoms with Gasteiger partial charge in [-0.3, -0.25) is 0 Å². The average molecular weight is 318 g/mol. The molecule has 1 aromatic rings. The number of ether oxygens (including phenoxy) is 1. The predicted octanol–water partition coefficient (Wildman–Crippen LogP) is 4.09. The van der Waals surface area contributed by atoms with Gasteiger partial charge in [-0.2, -0.15) is 0 Å². The molecule has 0 atom stereocenters. The van der Waals surface area contributed by atoms with E-state index in [0.29, 0.717) is 5.41 Å². The van der Waals surface area contributed by atoms with Crippen LogP contribution in [0.3, 0.4) is 0 Å². The molecule has 0 unspecified atom stereocenters. The van der Waals surface area contributed by atoms with E-state index >= 15 is 0 Å². The Bertz CT molecular complexity index is 290. The number of alkyl halides is 1. The molecule has 0 bridgehead atoms. The number of rotatable bonds is 5. The summed E-state index contributed by atoms with van der Waals surface area (Å²) >= 11 is 2.46. The number of methoxy groups -OCH3 is 1. The molecular formula is C13H19IO. The second-order valence-corrected chi connectivity index (χ2v) is 5.41. The summed E-state index contributed by atoms with van der Waals surface area (Å²) in [6.07, 6.45) is 2.39. The van der Waals surface area contributed by atoms with Crippen molar-refractivity contribution in [2.45, 2.75) is 26.7 Å². The van der Waals surface area contributed by atoms with Crippen molar-refractivity contribution < 1.29 is 4.74 Å². The Labute approximate surface area is 106 Å². The molecule has 0 fully saturated rings. The van der Waals surface area contributed by atoms with Crippen LogP contribution in [0.1, 0.15) is 25.8 Å². The largest absolute Gasteiger partial charge is 0.497 e. The molecule has 1 aromatic carbocycles. The van der Waals surface area contributed by atoms with Crippen molar-refractivity contribution >= 4 is 22.6 Å². The van der Waals surface area contributed by atoms with E-state index in [1.54, 1.807) is 7.11 Å². The Morgan fingerprint density at radius 1 is 1.20 bits per heavy atom. The lowest BCUT2D eigenvalue weighted by atomic mass is 9.89. The molecule has 0 aliphatic carbocycles. The van der Waals surface area contributed by atoms with E-state index in [1.165, 1.54) is 16.4 Å². The van der Waals surface area contributed by atoms with Crippen LogP contribution in [0.2, 0.25) is 0 Å². The van der Waals surface area contributed by atoms with E-state index in [9.17, 15) is 0 Å². The zero-order valence-electron chi connectivity index (χ0n) is 9.72. The summed E-state index contributed by atoms with van der Waals surface area (Å²) in [7, 11) is 1.70. The highest BCUT2D eigenvalue weighted by Crippen LogP contribution is 2.25. The molecule has 0 heterocycles. The van der Waals surface area contributed by atoms with Crippen molar-refractivity contribution in [3.63, 3.8) is 0 Å². The van der Waals surface area contributed by atoms with E-state index in [2.05, 4.69) is 48.6 Å². The van der Waals surface area contributed by atoms with E-state index in [-0.39, 0.29) is 0 Å². The van der Waals surface area contributed by atoms with Crippen molar-refractivity contribution in [1.29, 1.82) is 0 Å². The van der Waals surface area contributed by atoms with E-state index in [4.69, 9.17) is 4.74 Å². The fraction of sp³-hybridized carbons (Fsp3) is 0.538. The Morgan fingerprint density at radius 3 is 2.27 bits per heavy atom. The highest BCUT2D eigenvalue weighted by Gasteiger charge is 2.15. The van der Waals surface area contributed by atoms with Crippen LogP contribution < -0.4 is 4.74 Å². The van der Waals surface area contributed by atoms with Gasteiger partial charge in [0.15, 0.2) is 0 Å². The lowest BCUT2D eigenvalue weighted by Crippen LogP contribution is -2.13. The van der Waals surface area contributed by atoms with Crippen LogP contribution in [-0.4, -0.2) is 11.5 Å². The number of hydrogen-bond acceptors (Lipinski definition) is 1. The molecule has 0 aliphatic heterocycles. The molecule has 0 aromatic heterocycles. The van der Waals surface area contributed by atoms with E-state index < -0.39 is 0 Å². The molecule has 15 heavy (non-hydrogen) atoms. The molecule has 0 amide bonds. The van der Waals surface area contributed by atoms with Gasteiger partial charge < -0.3 is 4.74 Å². The molecule has 1 nitrogen and oxygen atoms in total. The second kappa shape index (κ2) is 5.73. The van der Waals surface area contributed by atoms with Gasteiger partial charge in [-0.15, -0.1) is 0 Å². The third kappa shape index (κ3) is 4.41. The van der Waals surface area contributed by atoms with Crippen LogP contribution in [0, 0.1) is 5.41 Å². The Kier molecular flexibility index (Phi) is 4.90. The summed E-state index contributed by atoms with van der Waals surface area (Å²) in [5.41, 5.74) is 1.84. The lowest BCUT2D eigenvalue weighted by molar-refractivity contribution is 0.394. The molecule has 0 aliphatic rings. The smallest absolute Gasteiger partial charge is 0.118 e. The number of aryl methyl sites for hydroxylation is 1. The van der Waals surface area contributed by atoms with Crippen LogP contribution >= 0.6 is 22.6 Å². The van der Waals surface area contributed by atoms with Gasteiger partial charge in [0.25, 0.3) is 0 Å². The monoisotopic (exact) mass is 318 g/mol. The SMILES string of the molecule is COc1ccc(CCC(C)(C)CI)cc1. The van der Waals surface area contributed by atoms with E-state index in [0.717, 1.165) is 12.2 Å². The third-order valence-corrected chi connectivity index (χ3v) is 4.68. The Morgan fingerprint density at radius 2 is 1.80 bits per heavy atom. The van der Waals surface area contributed by atoms with Gasteiger partial charge in [0.2, 0.25) is 0 Å². The average Bonchev–Trinajstić information content (AvgIpc) is 2.27. The van der Waals surface area contributed by atoms with Crippen molar-refractivity contribution in [3.05, 3.63) is 29.8 Å². The second-order valence-electron chi connectivity index (χ2n) is 4.65. The normalized spacial score (nSPS) is 11.5. The highest BCUT2D eigenvalue weighted by atomic mass is 127. The first-order valence-electron chi connectivity index (χ1n) is 5.26. The van der Waals surface area contributed by atoms with Gasteiger partial charge in [0.05, 0.1) is 7.11 Å². The maximum atomic E-state index is 5.13. The summed E-state index contributed by atoms with van der Waals surface area (Å²) < 4.78 is 6.34. The quantitative estimate of drug-likeness (QED) is 0.587. The minimum absolute atomic E-state index is 0.445. The lowest BCUT2D eigenvalue weighted by Gasteiger charge is -2.21. The first-order valence-corrected chi connectivity index (χ1v) is 6.79. The first-order chi connectivity index (χ1) is 7.07. The fourth-order valence-electron chi connectivity index (χ4n) is 1.34. The molecular weight excluding hydrogens is 299 g/mol. The first kappa shape index (κ1) is 12.8. The molecule has 0 saturated carbocycles. The molecule has 0 radical (unpaired) electrons. The minimum atomic E-state index is 0.445. The molecule has 0 saturated heterocycles. The van der Waals surface area contributed by atoms with Crippen LogP contribution in [0.4, 0.5) is 0 Å². The van der Waals surface area contributed by atoms with Crippen LogP contribution in [0.5, 0.6) is 5.75 Å². The summed E-state index contributed by atoms with van der Waals surface area (Å²) in [6, 6.07) is 8.38. The van der Waals surface area contributed by atoms with Crippen LogP contribution in [0.15, 0.2) is 24.3 Å². The maximum Gasteiger partial charge on any atom is 0.118 e. The van der Waals surface area contributed by atoms with Crippen molar-refractivity contribution in [1.82, 2.24) is 0 Å². The summed E-state index contributed by atoms with van der Waals surface area (Å²) in [5.74, 6) is 0.937. The van der Waals surface area contributed by atoms with Crippen molar-refractivity contribution in [2.24, 2.45) is 5.41 Å². The fourth-order valence-corrected chi connectivity index (χ4v) is 1.72. The highest BCUT2D eigenvalue weighted by molar-refractivity contribution is 14.1. The zero-order valence-corrected chi connectivity index (χ0v) is 11.9. The van der Waals surface area contributed by atoms with Gasteiger partial charge in [-0.1, -0.05) is 48.6 Å². The molecule has 0 N–H and O–H groups in total. The Balaban J connectivity index is 2.51. The number of hydrogen-bond donors (Lipinski definition) is 0. The molecule has 0 spiro atoms. The zero-order chi connectivity index (χ0) is 11.3. The standard InChI is InChI=1S/C13H19IO/c1-13(2,10-14)9-8-11-4-6-12(15-3)7-5-11/h4-7H,8-10H2,1-3H3. The van der Waals surface area contributed by atoms with Gasteiger partial charge in [-0.25, -0.2) is 0 Å². The minimum Gasteiger partial charge on any atom is -0.497 e. The number of benzene rings is 1. The predicted molar refractivity (Wildman–Crippen MR) is 74.0 cm³/mol. The summed E-state index contributed by atoms with van der Waals surface area (Å²) in [5, 5.41) is 0. The maximum absolute atomic E-state index is 5.13. The van der Waals surface area contributed by atoms with E-state index in [1.807, 2.05) is 12.1 Å². The summed E-state index contributed by atoms with van der Waals surface area (Å²) in [4.78, 5) is 0. The van der Waals surface area contributed by atoms with Crippen molar-refractivity contribution in [3.8, 4) is 5.75 Å².